The van der Waals surface area contributed by atoms with Gasteiger partial charge < -0.3 is 10.2 Å². The molecule has 0 heterocycles. The fraction of sp³-hybridized carbons (Fsp3) is 0.364. The van der Waals surface area contributed by atoms with E-state index in [-0.39, 0.29) is 17.0 Å². The van der Waals surface area contributed by atoms with Gasteiger partial charge in [-0.25, -0.2) is 17.9 Å². The van der Waals surface area contributed by atoms with Gasteiger partial charge in [-0.1, -0.05) is 0 Å². The van der Waals surface area contributed by atoms with Gasteiger partial charge >= 0.3 is 5.97 Å². The summed E-state index contributed by atoms with van der Waals surface area (Å²) in [7, 11) is -3.88. The number of aromatic carboxylic acids is 1. The molecule has 3 N–H and O–H groups in total. The number of carboxylic acids is 1. The quantitative estimate of drug-likeness (QED) is 0.737. The first-order chi connectivity index (χ1) is 8.65. The van der Waals surface area contributed by atoms with Gasteiger partial charge in [-0.3, -0.25) is 0 Å². The molecule has 1 rings (SSSR count). The molecule has 0 spiro atoms. The number of nitrogens with one attached hydrogen (secondary N) is 1. The smallest absolute Gasteiger partial charge is 0.335 e. The molecule has 1 atom stereocenters. The summed E-state index contributed by atoms with van der Waals surface area (Å²) in [5.74, 6) is -1.21. The molecule has 0 aliphatic heterocycles. The lowest BCUT2D eigenvalue weighted by molar-refractivity contribution is 0.0696. The van der Waals surface area contributed by atoms with Gasteiger partial charge in [-0.15, -0.1) is 0 Å². The fourth-order valence-corrected chi connectivity index (χ4v) is 3.53. The molecular formula is C11H14BrNO5S. The van der Waals surface area contributed by atoms with Gasteiger partial charge in [0.1, 0.15) is 0 Å². The van der Waals surface area contributed by atoms with Crippen molar-refractivity contribution in [3.05, 3.63) is 27.7 Å². The topological polar surface area (TPSA) is 104 Å². The highest BCUT2D eigenvalue weighted by Gasteiger charge is 2.21. The van der Waals surface area contributed by atoms with Crippen LogP contribution >= 0.6 is 15.9 Å². The highest BCUT2D eigenvalue weighted by Crippen LogP contribution is 2.27. The van der Waals surface area contributed by atoms with Gasteiger partial charge in [0.2, 0.25) is 10.0 Å². The van der Waals surface area contributed by atoms with Crippen molar-refractivity contribution in [3.8, 4) is 0 Å². The summed E-state index contributed by atoms with van der Waals surface area (Å²) in [6.07, 6.45) is -0.836. The van der Waals surface area contributed by atoms with E-state index in [1.54, 1.807) is 6.92 Å². The van der Waals surface area contributed by atoms with Crippen molar-refractivity contribution in [2.24, 2.45) is 0 Å². The summed E-state index contributed by atoms with van der Waals surface area (Å²) in [5.41, 5.74) is 0.385. The average Bonchev–Trinajstić information content (AvgIpc) is 2.29. The molecule has 1 aromatic carbocycles. The summed E-state index contributed by atoms with van der Waals surface area (Å²) in [4.78, 5) is 10.8. The molecular weight excluding hydrogens is 338 g/mol. The van der Waals surface area contributed by atoms with Crippen molar-refractivity contribution in [2.45, 2.75) is 24.8 Å². The van der Waals surface area contributed by atoms with Gasteiger partial charge in [-0.05, 0) is 47.5 Å². The minimum Gasteiger partial charge on any atom is -0.478 e. The Bertz CT molecular complexity index is 597. The van der Waals surface area contributed by atoms with E-state index in [9.17, 15) is 13.2 Å². The van der Waals surface area contributed by atoms with Crippen LogP contribution in [-0.4, -0.2) is 37.2 Å². The molecule has 1 aromatic rings. The third-order valence-electron chi connectivity index (χ3n) is 2.33. The second-order valence-corrected chi connectivity index (χ2v) is 6.64. The number of carbonyl (C=O) groups is 1. The van der Waals surface area contributed by atoms with Gasteiger partial charge in [0, 0.05) is 11.0 Å². The molecule has 0 amide bonds. The molecule has 0 bridgehead atoms. The maximum Gasteiger partial charge on any atom is 0.335 e. The molecule has 8 heteroatoms. The molecule has 0 unspecified atom stereocenters. The first-order valence-electron chi connectivity index (χ1n) is 5.36. The molecule has 0 saturated heterocycles. The van der Waals surface area contributed by atoms with Gasteiger partial charge in [-0.2, -0.15) is 0 Å². The largest absolute Gasteiger partial charge is 0.478 e. The van der Waals surface area contributed by atoms with Crippen molar-refractivity contribution in [3.63, 3.8) is 0 Å². The number of carboxylic acid groups (broad SMARTS) is 1. The summed E-state index contributed by atoms with van der Waals surface area (Å²) >= 11 is 3.13. The number of halogens is 1. The summed E-state index contributed by atoms with van der Waals surface area (Å²) in [5, 5.41) is 18.0. The Balaban J connectivity index is 3.29. The zero-order valence-electron chi connectivity index (χ0n) is 10.3. The second kappa shape index (κ2) is 6.00. The lowest BCUT2D eigenvalue weighted by Crippen LogP contribution is -2.31. The van der Waals surface area contributed by atoms with Crippen LogP contribution in [0.15, 0.2) is 21.5 Å². The Labute approximate surface area is 119 Å². The summed E-state index contributed by atoms with van der Waals surface area (Å²) < 4.78 is 26.6. The molecule has 0 fully saturated rings. The number of benzene rings is 1. The summed E-state index contributed by atoms with van der Waals surface area (Å²) in [6, 6.07) is 2.45. The van der Waals surface area contributed by atoms with Crippen LogP contribution in [0.2, 0.25) is 0 Å². The van der Waals surface area contributed by atoms with E-state index in [2.05, 4.69) is 20.7 Å². The van der Waals surface area contributed by atoms with Crippen LogP contribution in [0.1, 0.15) is 22.8 Å². The van der Waals surface area contributed by atoms with Crippen molar-refractivity contribution in [1.82, 2.24) is 4.72 Å². The SMILES string of the molecule is Cc1cc(C(=O)O)cc(S(=O)(=O)NC[C@@H](C)O)c1Br. The molecule has 6 nitrogen and oxygen atoms in total. The van der Waals surface area contributed by atoms with Crippen LogP contribution in [0.4, 0.5) is 0 Å². The third kappa shape index (κ3) is 4.00. The first-order valence-corrected chi connectivity index (χ1v) is 7.64. The maximum absolute atomic E-state index is 12.0. The van der Waals surface area contributed by atoms with Crippen LogP contribution in [0.25, 0.3) is 0 Å². The van der Waals surface area contributed by atoms with Crippen LogP contribution < -0.4 is 4.72 Å². The Morgan fingerprint density at radius 2 is 2.05 bits per heavy atom. The van der Waals surface area contributed by atoms with Gasteiger partial charge in [0.25, 0.3) is 0 Å². The molecule has 0 aliphatic carbocycles. The average molecular weight is 352 g/mol. The Morgan fingerprint density at radius 1 is 1.47 bits per heavy atom. The Kier molecular flexibility index (Phi) is 5.08. The number of aliphatic hydroxyl groups excluding tert-OH is 1. The predicted octanol–water partition coefficient (Wildman–Crippen LogP) is 1.11. The van der Waals surface area contributed by atoms with Crippen LogP contribution in [0.3, 0.4) is 0 Å². The van der Waals surface area contributed by atoms with Crippen molar-refractivity contribution in [1.29, 1.82) is 0 Å². The molecule has 0 saturated carbocycles. The van der Waals surface area contributed by atoms with Gasteiger partial charge in [0.15, 0.2) is 0 Å². The number of aliphatic hydroxyl groups is 1. The lowest BCUT2D eigenvalue weighted by atomic mass is 10.1. The van der Waals surface area contributed by atoms with E-state index in [4.69, 9.17) is 10.2 Å². The number of hydrogen-bond acceptors (Lipinski definition) is 4. The zero-order valence-corrected chi connectivity index (χ0v) is 12.7. The minimum atomic E-state index is -3.88. The number of rotatable bonds is 5. The molecule has 0 aromatic heterocycles. The van der Waals surface area contributed by atoms with E-state index < -0.39 is 22.1 Å². The first kappa shape index (κ1) is 16.1. The summed E-state index contributed by atoms with van der Waals surface area (Å²) in [6.45, 7) is 2.89. The van der Waals surface area contributed by atoms with E-state index in [1.807, 2.05) is 0 Å². The second-order valence-electron chi connectivity index (χ2n) is 4.11. The van der Waals surface area contributed by atoms with E-state index in [0.717, 1.165) is 6.07 Å². The van der Waals surface area contributed by atoms with Crippen molar-refractivity contribution < 1.29 is 23.4 Å². The molecule has 0 aliphatic rings. The van der Waals surface area contributed by atoms with Crippen LogP contribution in [0.5, 0.6) is 0 Å². The molecule has 106 valence electrons. The highest BCUT2D eigenvalue weighted by atomic mass is 79.9. The third-order valence-corrected chi connectivity index (χ3v) is 5.09. The predicted molar refractivity (Wildman–Crippen MR) is 72.7 cm³/mol. The lowest BCUT2D eigenvalue weighted by Gasteiger charge is -2.12. The molecule has 0 radical (unpaired) electrons. The van der Waals surface area contributed by atoms with E-state index >= 15 is 0 Å². The monoisotopic (exact) mass is 351 g/mol. The number of sulfonamides is 1. The van der Waals surface area contributed by atoms with Gasteiger partial charge in [0.05, 0.1) is 16.6 Å². The number of aryl methyl sites for hydroxylation is 1. The maximum atomic E-state index is 12.0. The standard InChI is InChI=1S/C11H14BrNO5S/c1-6-3-8(11(15)16)4-9(10(6)12)19(17,18)13-5-7(2)14/h3-4,7,13-14H,5H2,1-2H3,(H,15,16)/t7-/m1/s1. The Hall–Kier alpha value is -0.960. The minimum absolute atomic E-state index is 0.113. The normalized spacial score (nSPS) is 13.3. The van der Waals surface area contributed by atoms with E-state index in [0.29, 0.717) is 10.0 Å². The van der Waals surface area contributed by atoms with E-state index in [1.165, 1.54) is 13.0 Å². The molecule has 19 heavy (non-hydrogen) atoms. The van der Waals surface area contributed by atoms with Crippen molar-refractivity contribution in [2.75, 3.05) is 6.54 Å². The number of hydrogen-bond donors (Lipinski definition) is 3. The van der Waals surface area contributed by atoms with Crippen LogP contribution in [0, 0.1) is 6.92 Å². The van der Waals surface area contributed by atoms with Crippen LogP contribution in [-0.2, 0) is 10.0 Å². The zero-order chi connectivity index (χ0) is 14.8. The highest BCUT2D eigenvalue weighted by molar-refractivity contribution is 9.10. The fourth-order valence-electron chi connectivity index (χ4n) is 1.36. The Morgan fingerprint density at radius 3 is 2.53 bits per heavy atom. The van der Waals surface area contributed by atoms with Crippen molar-refractivity contribution >= 4 is 31.9 Å².